The van der Waals surface area contributed by atoms with Crippen molar-refractivity contribution in [3.63, 3.8) is 0 Å². The Morgan fingerprint density at radius 1 is 1.43 bits per heavy atom. The fourth-order valence-electron chi connectivity index (χ4n) is 3.41. The van der Waals surface area contributed by atoms with Gasteiger partial charge in [-0.05, 0) is 56.0 Å². The summed E-state index contributed by atoms with van der Waals surface area (Å²) in [5, 5.41) is 4.69. The number of rotatable bonds is 8. The molecule has 28 heavy (non-hydrogen) atoms. The third-order valence-electron chi connectivity index (χ3n) is 4.95. The van der Waals surface area contributed by atoms with E-state index in [2.05, 4.69) is 31.9 Å². The zero-order chi connectivity index (χ0) is 19.8. The third kappa shape index (κ3) is 5.97. The van der Waals surface area contributed by atoms with Crippen LogP contribution in [0, 0.1) is 5.92 Å². The van der Waals surface area contributed by atoms with E-state index in [4.69, 9.17) is 28.6 Å². The maximum Gasteiger partial charge on any atom is 0.173 e. The molecule has 0 radical (unpaired) electrons. The number of aromatic nitrogens is 2. The summed E-state index contributed by atoms with van der Waals surface area (Å²) in [7, 11) is 1.61. The standard InChI is InChI=1S/C21H27ClN4OS/c1-27-20-14-18(8-9-19(20)22)24-21(28)26(15-17-6-3-2-4-7-17)12-5-11-25-13-10-23-16-25/h2-3,8-10,13-14,16-17H,4-7,11-12,15H2,1H3,(H,24,28). The molecular weight excluding hydrogens is 392 g/mol. The molecule has 7 heteroatoms. The number of nitrogens with zero attached hydrogens (tertiary/aromatic N) is 3. The molecule has 1 atom stereocenters. The van der Waals surface area contributed by atoms with Gasteiger partial charge in [0.05, 0.1) is 18.5 Å². The molecule has 5 nitrogen and oxygen atoms in total. The first-order valence-corrected chi connectivity index (χ1v) is 10.4. The molecule has 0 spiro atoms. The van der Waals surface area contributed by atoms with E-state index in [1.165, 1.54) is 6.42 Å². The molecule has 0 amide bonds. The van der Waals surface area contributed by atoms with Crippen molar-refractivity contribution in [1.29, 1.82) is 0 Å². The first-order valence-electron chi connectivity index (χ1n) is 9.66. The Kier molecular flexibility index (Phi) is 7.74. The quantitative estimate of drug-likeness (QED) is 0.483. The van der Waals surface area contributed by atoms with E-state index in [0.717, 1.165) is 49.7 Å². The SMILES string of the molecule is COc1cc(NC(=S)N(CCCn2ccnc2)CC2CC=CCC2)ccc1Cl. The first-order chi connectivity index (χ1) is 13.7. The van der Waals surface area contributed by atoms with Gasteiger partial charge in [0.15, 0.2) is 5.11 Å². The molecule has 0 saturated carbocycles. The Bertz CT molecular complexity index is 794. The number of aryl methyl sites for hydroxylation is 1. The van der Waals surface area contributed by atoms with Crippen LogP contribution in [0.15, 0.2) is 49.1 Å². The summed E-state index contributed by atoms with van der Waals surface area (Å²) >= 11 is 11.9. The van der Waals surface area contributed by atoms with Gasteiger partial charge in [-0.2, -0.15) is 0 Å². The van der Waals surface area contributed by atoms with Gasteiger partial charge in [-0.15, -0.1) is 0 Å². The minimum Gasteiger partial charge on any atom is -0.495 e. The number of hydrogen-bond acceptors (Lipinski definition) is 3. The molecule has 0 saturated heterocycles. The van der Waals surface area contributed by atoms with Gasteiger partial charge in [-0.1, -0.05) is 23.8 Å². The zero-order valence-corrected chi connectivity index (χ0v) is 17.8. The predicted octanol–water partition coefficient (Wildman–Crippen LogP) is 4.99. The van der Waals surface area contributed by atoms with Gasteiger partial charge >= 0.3 is 0 Å². The van der Waals surface area contributed by atoms with E-state index in [1.807, 2.05) is 36.9 Å². The number of allylic oxidation sites excluding steroid dienone is 2. The fraction of sp³-hybridized carbons (Fsp3) is 0.429. The molecular formula is C21H27ClN4OS. The lowest BCUT2D eigenvalue weighted by Gasteiger charge is -2.31. The second kappa shape index (κ2) is 10.5. The highest BCUT2D eigenvalue weighted by atomic mass is 35.5. The van der Waals surface area contributed by atoms with Crippen LogP contribution in [-0.2, 0) is 6.54 Å². The van der Waals surface area contributed by atoms with Gasteiger partial charge in [-0.25, -0.2) is 4.98 Å². The zero-order valence-electron chi connectivity index (χ0n) is 16.2. The van der Waals surface area contributed by atoms with Crippen molar-refractivity contribution in [3.8, 4) is 5.75 Å². The number of benzene rings is 1. The van der Waals surface area contributed by atoms with Crippen LogP contribution < -0.4 is 10.1 Å². The van der Waals surface area contributed by atoms with Crippen molar-refractivity contribution in [2.24, 2.45) is 5.92 Å². The Hall–Kier alpha value is -2.05. The average Bonchev–Trinajstić information content (AvgIpc) is 3.23. The summed E-state index contributed by atoms with van der Waals surface area (Å²) in [5.74, 6) is 1.27. The van der Waals surface area contributed by atoms with Crippen molar-refractivity contribution < 1.29 is 4.74 Å². The van der Waals surface area contributed by atoms with Crippen molar-refractivity contribution in [2.75, 3.05) is 25.5 Å². The molecule has 150 valence electrons. The van der Waals surface area contributed by atoms with Crippen LogP contribution in [0.4, 0.5) is 5.69 Å². The normalized spacial score (nSPS) is 16.0. The second-order valence-corrected chi connectivity index (χ2v) is 7.82. The highest BCUT2D eigenvalue weighted by molar-refractivity contribution is 7.80. The minimum absolute atomic E-state index is 0.588. The van der Waals surface area contributed by atoms with Gasteiger partial charge in [0, 0.05) is 43.8 Å². The van der Waals surface area contributed by atoms with Gasteiger partial charge in [0.2, 0.25) is 0 Å². The highest BCUT2D eigenvalue weighted by Gasteiger charge is 2.17. The first kappa shape index (κ1) is 20.7. The summed E-state index contributed by atoms with van der Waals surface area (Å²) in [6.45, 7) is 2.79. The number of imidazole rings is 1. The Balaban J connectivity index is 1.63. The highest BCUT2D eigenvalue weighted by Crippen LogP contribution is 2.28. The molecule has 1 heterocycles. The molecule has 0 fully saturated rings. The van der Waals surface area contributed by atoms with Crippen molar-refractivity contribution in [3.05, 3.63) is 54.1 Å². The van der Waals surface area contributed by atoms with Crippen LogP contribution >= 0.6 is 23.8 Å². The summed E-state index contributed by atoms with van der Waals surface area (Å²) in [6.07, 6.45) is 14.7. The monoisotopic (exact) mass is 418 g/mol. The lowest BCUT2D eigenvalue weighted by molar-refractivity contribution is 0.316. The van der Waals surface area contributed by atoms with Crippen LogP contribution in [0.3, 0.4) is 0 Å². The number of anilines is 1. The molecule has 3 rings (SSSR count). The van der Waals surface area contributed by atoms with Crippen molar-refractivity contribution in [1.82, 2.24) is 14.5 Å². The average molecular weight is 419 g/mol. The van der Waals surface area contributed by atoms with Crippen LogP contribution in [-0.4, -0.2) is 39.8 Å². The number of hydrogen-bond donors (Lipinski definition) is 1. The fourth-order valence-corrected chi connectivity index (χ4v) is 3.89. The van der Waals surface area contributed by atoms with Gasteiger partial charge in [-0.3, -0.25) is 0 Å². The molecule has 1 aromatic heterocycles. The molecule has 2 aromatic rings. The van der Waals surface area contributed by atoms with E-state index in [-0.39, 0.29) is 0 Å². The maximum absolute atomic E-state index is 6.13. The Morgan fingerprint density at radius 2 is 2.32 bits per heavy atom. The molecule has 1 aliphatic rings. The Labute approximate surface area is 177 Å². The molecule has 0 bridgehead atoms. The topological polar surface area (TPSA) is 42.3 Å². The van der Waals surface area contributed by atoms with E-state index in [0.29, 0.717) is 16.7 Å². The number of ether oxygens (including phenoxy) is 1. The largest absolute Gasteiger partial charge is 0.495 e. The predicted molar refractivity (Wildman–Crippen MR) is 119 cm³/mol. The van der Waals surface area contributed by atoms with E-state index in [1.54, 1.807) is 7.11 Å². The number of halogens is 1. The molecule has 1 N–H and O–H groups in total. The van der Waals surface area contributed by atoms with E-state index in [9.17, 15) is 0 Å². The molecule has 1 unspecified atom stereocenters. The Morgan fingerprint density at radius 3 is 3.04 bits per heavy atom. The van der Waals surface area contributed by atoms with Crippen LogP contribution in [0.5, 0.6) is 5.75 Å². The molecule has 1 aromatic carbocycles. The second-order valence-electron chi connectivity index (χ2n) is 7.03. The minimum atomic E-state index is 0.588. The molecule has 1 aliphatic carbocycles. The van der Waals surface area contributed by atoms with Crippen LogP contribution in [0.2, 0.25) is 5.02 Å². The number of thiocarbonyl (C=S) groups is 1. The van der Waals surface area contributed by atoms with E-state index < -0.39 is 0 Å². The lowest BCUT2D eigenvalue weighted by atomic mass is 9.94. The van der Waals surface area contributed by atoms with E-state index >= 15 is 0 Å². The summed E-state index contributed by atoms with van der Waals surface area (Å²) in [5.41, 5.74) is 0.884. The summed E-state index contributed by atoms with van der Waals surface area (Å²) in [4.78, 5) is 6.40. The number of nitrogens with one attached hydrogen (secondary N) is 1. The lowest BCUT2D eigenvalue weighted by Crippen LogP contribution is -2.39. The molecule has 0 aliphatic heterocycles. The van der Waals surface area contributed by atoms with Gasteiger partial charge < -0.3 is 19.5 Å². The third-order valence-corrected chi connectivity index (χ3v) is 5.62. The number of methoxy groups -OCH3 is 1. The van der Waals surface area contributed by atoms with Crippen LogP contribution in [0.1, 0.15) is 25.7 Å². The van der Waals surface area contributed by atoms with Gasteiger partial charge in [0.1, 0.15) is 5.75 Å². The van der Waals surface area contributed by atoms with Gasteiger partial charge in [0.25, 0.3) is 0 Å². The maximum atomic E-state index is 6.13. The van der Waals surface area contributed by atoms with Crippen molar-refractivity contribution >= 4 is 34.6 Å². The summed E-state index contributed by atoms with van der Waals surface area (Å²) < 4.78 is 7.41. The van der Waals surface area contributed by atoms with Crippen molar-refractivity contribution in [2.45, 2.75) is 32.2 Å². The smallest absolute Gasteiger partial charge is 0.173 e. The van der Waals surface area contributed by atoms with Crippen LogP contribution in [0.25, 0.3) is 0 Å². The summed E-state index contributed by atoms with van der Waals surface area (Å²) in [6, 6.07) is 5.62.